The quantitative estimate of drug-likeness (QED) is 0.570. The normalized spacial score (nSPS) is 34.0. The van der Waals surface area contributed by atoms with E-state index in [0.29, 0.717) is 24.2 Å². The largest absolute Gasteiger partial charge is 0.366 e. The van der Waals surface area contributed by atoms with Crippen LogP contribution in [0.5, 0.6) is 0 Å². The Bertz CT molecular complexity index is 795. The van der Waals surface area contributed by atoms with Crippen molar-refractivity contribution >= 4 is 17.3 Å². The van der Waals surface area contributed by atoms with Gasteiger partial charge in [-0.15, -0.1) is 0 Å². The van der Waals surface area contributed by atoms with Crippen LogP contribution in [0.4, 0.5) is 11.4 Å². The molecule has 4 aliphatic carbocycles. The van der Waals surface area contributed by atoms with Crippen LogP contribution < -0.4 is 10.2 Å². The molecule has 5 fully saturated rings. The van der Waals surface area contributed by atoms with E-state index in [4.69, 9.17) is 0 Å². The molecule has 6 heteroatoms. The molecule has 0 aromatic heterocycles. The van der Waals surface area contributed by atoms with Gasteiger partial charge in [-0.2, -0.15) is 0 Å². The molecular weight excluding hydrogens is 378 g/mol. The topological polar surface area (TPSA) is 75.5 Å². The highest BCUT2D eigenvalue weighted by atomic mass is 16.6. The molecule has 0 spiro atoms. The van der Waals surface area contributed by atoms with Gasteiger partial charge in [-0.25, -0.2) is 0 Å². The fourth-order valence-corrected chi connectivity index (χ4v) is 7.46. The maximum atomic E-state index is 13.1. The number of nitrogens with zero attached hydrogens (tertiary/aromatic N) is 2. The van der Waals surface area contributed by atoms with E-state index in [1.54, 1.807) is 12.1 Å². The zero-order valence-electron chi connectivity index (χ0n) is 17.9. The van der Waals surface area contributed by atoms with Crippen LogP contribution in [0.1, 0.15) is 58.3 Å². The highest BCUT2D eigenvalue weighted by Gasteiger charge is 2.53. The summed E-state index contributed by atoms with van der Waals surface area (Å²) in [6.07, 6.45) is 9.68. The minimum absolute atomic E-state index is 0.0142. The lowest BCUT2D eigenvalue weighted by Gasteiger charge is -2.59. The number of benzene rings is 1. The van der Waals surface area contributed by atoms with Gasteiger partial charge in [0.25, 0.3) is 5.69 Å². The van der Waals surface area contributed by atoms with Gasteiger partial charge in [0.15, 0.2) is 0 Å². The minimum Gasteiger partial charge on any atom is -0.366 e. The van der Waals surface area contributed by atoms with E-state index >= 15 is 0 Å². The number of anilines is 1. The van der Waals surface area contributed by atoms with Gasteiger partial charge in [-0.05, 0) is 87.5 Å². The average molecular weight is 412 g/mol. The first-order valence-electron chi connectivity index (χ1n) is 11.7. The van der Waals surface area contributed by atoms with Gasteiger partial charge < -0.3 is 10.2 Å². The molecule has 1 heterocycles. The molecular formula is C24H33N3O3. The van der Waals surface area contributed by atoms with Gasteiger partial charge in [0.05, 0.1) is 4.92 Å². The highest BCUT2D eigenvalue weighted by molar-refractivity contribution is 5.79. The van der Waals surface area contributed by atoms with Crippen molar-refractivity contribution < 1.29 is 9.72 Å². The molecule has 4 bridgehead atoms. The summed E-state index contributed by atoms with van der Waals surface area (Å²) >= 11 is 0. The molecule has 1 N–H and O–H groups in total. The van der Waals surface area contributed by atoms with Gasteiger partial charge in [-0.1, -0.05) is 12.1 Å². The Morgan fingerprint density at radius 3 is 2.23 bits per heavy atom. The van der Waals surface area contributed by atoms with Gasteiger partial charge in [0, 0.05) is 31.1 Å². The van der Waals surface area contributed by atoms with Crippen LogP contribution in [0, 0.1) is 39.2 Å². The van der Waals surface area contributed by atoms with Crippen molar-refractivity contribution in [2.24, 2.45) is 29.1 Å². The first-order valence-corrected chi connectivity index (χ1v) is 11.7. The van der Waals surface area contributed by atoms with E-state index in [1.165, 1.54) is 38.5 Å². The Hall–Kier alpha value is -2.11. The third-order valence-corrected chi connectivity index (χ3v) is 8.65. The number of hydrogen-bond acceptors (Lipinski definition) is 4. The second-order valence-electron chi connectivity index (χ2n) is 10.5. The summed E-state index contributed by atoms with van der Waals surface area (Å²) in [7, 11) is 0. The highest BCUT2D eigenvalue weighted by Crippen LogP contribution is 2.61. The summed E-state index contributed by atoms with van der Waals surface area (Å²) in [5, 5.41) is 14.8. The predicted octanol–water partition coefficient (Wildman–Crippen LogP) is 4.53. The first-order chi connectivity index (χ1) is 14.4. The van der Waals surface area contributed by atoms with Crippen molar-refractivity contribution in [3.63, 3.8) is 0 Å². The van der Waals surface area contributed by atoms with Crippen LogP contribution in [0.25, 0.3) is 0 Å². The molecule has 5 aliphatic rings. The maximum Gasteiger partial charge on any atom is 0.292 e. The number of nitro groups is 1. The number of hydrogen-bond donors (Lipinski definition) is 1. The molecule has 6 nitrogen and oxygen atoms in total. The van der Waals surface area contributed by atoms with Crippen LogP contribution in [0.3, 0.4) is 0 Å². The fourth-order valence-electron chi connectivity index (χ4n) is 7.46. The van der Waals surface area contributed by atoms with Crippen molar-refractivity contribution in [3.05, 3.63) is 34.4 Å². The van der Waals surface area contributed by atoms with Gasteiger partial charge in [0.2, 0.25) is 5.91 Å². The van der Waals surface area contributed by atoms with Crippen LogP contribution in [0.2, 0.25) is 0 Å². The van der Waals surface area contributed by atoms with E-state index < -0.39 is 0 Å². The summed E-state index contributed by atoms with van der Waals surface area (Å²) in [6.45, 7) is 3.62. The zero-order valence-corrected chi connectivity index (χ0v) is 17.9. The van der Waals surface area contributed by atoms with E-state index in [9.17, 15) is 14.9 Å². The molecule has 0 radical (unpaired) electrons. The molecule has 4 saturated carbocycles. The number of carbonyl (C=O) groups is 1. The summed E-state index contributed by atoms with van der Waals surface area (Å²) in [6, 6.07) is 7.17. The van der Waals surface area contributed by atoms with E-state index in [2.05, 4.69) is 17.1 Å². The van der Waals surface area contributed by atoms with Crippen molar-refractivity contribution in [1.29, 1.82) is 0 Å². The maximum absolute atomic E-state index is 13.1. The summed E-state index contributed by atoms with van der Waals surface area (Å²) in [4.78, 5) is 26.2. The molecule has 1 saturated heterocycles. The Morgan fingerprint density at radius 2 is 1.67 bits per heavy atom. The lowest BCUT2D eigenvalue weighted by Crippen LogP contribution is -2.56. The number of nitro benzene ring substituents is 1. The van der Waals surface area contributed by atoms with Crippen LogP contribution in [0.15, 0.2) is 24.3 Å². The van der Waals surface area contributed by atoms with Crippen molar-refractivity contribution in [3.8, 4) is 0 Å². The first kappa shape index (κ1) is 19.8. The Morgan fingerprint density at radius 1 is 1.10 bits per heavy atom. The molecule has 1 aromatic carbocycles. The molecule has 1 aliphatic heterocycles. The lowest BCUT2D eigenvalue weighted by atomic mass is 9.48. The second kappa shape index (κ2) is 7.54. The van der Waals surface area contributed by atoms with Crippen LogP contribution in [-0.4, -0.2) is 30.0 Å². The summed E-state index contributed by atoms with van der Waals surface area (Å²) in [5.74, 6) is 2.88. The molecule has 1 amide bonds. The second-order valence-corrected chi connectivity index (χ2v) is 10.5. The summed E-state index contributed by atoms with van der Waals surface area (Å²) in [5.41, 5.74) is 1.15. The number of para-hydroxylation sites is 2. The van der Waals surface area contributed by atoms with Gasteiger partial charge in [-0.3, -0.25) is 14.9 Å². The van der Waals surface area contributed by atoms with Gasteiger partial charge in [0.1, 0.15) is 5.69 Å². The Labute approximate surface area is 178 Å². The molecule has 1 aromatic rings. The predicted molar refractivity (Wildman–Crippen MR) is 116 cm³/mol. The van der Waals surface area contributed by atoms with Crippen LogP contribution >= 0.6 is 0 Å². The summed E-state index contributed by atoms with van der Waals surface area (Å²) < 4.78 is 0. The Balaban J connectivity index is 1.19. The third-order valence-electron chi connectivity index (χ3n) is 8.65. The minimum atomic E-state index is -0.318. The van der Waals surface area contributed by atoms with E-state index in [0.717, 1.165) is 30.6 Å². The van der Waals surface area contributed by atoms with E-state index in [1.807, 2.05) is 12.1 Å². The zero-order chi connectivity index (χ0) is 20.9. The van der Waals surface area contributed by atoms with E-state index in [-0.39, 0.29) is 28.5 Å². The standard InChI is InChI=1S/C24H33N3O3/c1-16(24-13-17-10-18(14-24)12-19(11-17)15-24)25-23(28)20-6-8-26(9-7-20)21-4-2-3-5-22(21)27(29)30/h2-5,16-20H,6-15H2,1H3,(H,25,28). The molecule has 1 unspecified atom stereocenters. The smallest absolute Gasteiger partial charge is 0.292 e. The average Bonchev–Trinajstić information content (AvgIpc) is 2.73. The van der Waals surface area contributed by atoms with Crippen LogP contribution in [-0.2, 0) is 4.79 Å². The molecule has 162 valence electrons. The fraction of sp³-hybridized carbons (Fsp3) is 0.708. The number of piperidine rings is 1. The number of rotatable bonds is 5. The number of carbonyl (C=O) groups excluding carboxylic acids is 1. The monoisotopic (exact) mass is 411 g/mol. The van der Waals surface area contributed by atoms with Crippen molar-refractivity contribution in [2.75, 3.05) is 18.0 Å². The molecule has 30 heavy (non-hydrogen) atoms. The van der Waals surface area contributed by atoms with Gasteiger partial charge >= 0.3 is 0 Å². The number of nitrogens with one attached hydrogen (secondary N) is 1. The van der Waals surface area contributed by atoms with Crippen molar-refractivity contribution in [1.82, 2.24) is 5.32 Å². The molecule has 6 rings (SSSR count). The van der Waals surface area contributed by atoms with Crippen molar-refractivity contribution in [2.45, 2.75) is 64.3 Å². The lowest BCUT2D eigenvalue weighted by molar-refractivity contribution is -0.384. The number of amides is 1. The Kier molecular flexibility index (Phi) is 4.98. The third kappa shape index (κ3) is 3.48. The molecule has 1 atom stereocenters. The SMILES string of the molecule is CC(NC(=O)C1CCN(c2ccccc2[N+](=O)[O-])CC1)C12CC3CC(CC(C3)C1)C2.